The van der Waals surface area contributed by atoms with Crippen LogP contribution in [0.15, 0.2) is 12.2 Å². The molecule has 0 saturated heterocycles. The van der Waals surface area contributed by atoms with E-state index in [2.05, 4.69) is 6.58 Å². The van der Waals surface area contributed by atoms with Gasteiger partial charge >= 0.3 is 12.1 Å². The molecule has 0 fully saturated rings. The molecule has 0 aromatic rings. The van der Waals surface area contributed by atoms with Crippen molar-refractivity contribution in [2.75, 3.05) is 6.61 Å². The Morgan fingerprint density at radius 3 is 2.44 bits per heavy atom. The highest BCUT2D eigenvalue weighted by molar-refractivity contribution is 5.86. The molecule has 5 nitrogen and oxygen atoms in total. The second-order valence-corrected chi connectivity index (χ2v) is 3.55. The van der Waals surface area contributed by atoms with Gasteiger partial charge in [0.1, 0.15) is 6.10 Å². The molecule has 0 saturated carbocycles. The van der Waals surface area contributed by atoms with Crippen molar-refractivity contribution in [1.29, 1.82) is 0 Å². The highest BCUT2D eigenvalue weighted by atomic mass is 16.6. The maximum atomic E-state index is 11.1. The SMILES string of the molecule is C=C(C)C(=O)OCCC(CCC)OC(N)=O. The average molecular weight is 229 g/mol. The summed E-state index contributed by atoms with van der Waals surface area (Å²) in [5, 5.41) is 0. The number of nitrogens with two attached hydrogens (primary N) is 1. The number of ether oxygens (including phenoxy) is 2. The van der Waals surface area contributed by atoms with Gasteiger partial charge in [0.05, 0.1) is 6.61 Å². The molecular weight excluding hydrogens is 210 g/mol. The number of hydrogen-bond acceptors (Lipinski definition) is 4. The summed E-state index contributed by atoms with van der Waals surface area (Å²) in [6, 6.07) is 0. The maximum absolute atomic E-state index is 11.1. The molecule has 0 spiro atoms. The van der Waals surface area contributed by atoms with Crippen LogP contribution in [0, 0.1) is 0 Å². The second-order valence-electron chi connectivity index (χ2n) is 3.55. The largest absolute Gasteiger partial charge is 0.462 e. The van der Waals surface area contributed by atoms with E-state index in [1.807, 2.05) is 6.92 Å². The molecular formula is C11H19NO4. The minimum Gasteiger partial charge on any atom is -0.462 e. The molecule has 1 amide bonds. The van der Waals surface area contributed by atoms with Gasteiger partial charge in [-0.2, -0.15) is 0 Å². The van der Waals surface area contributed by atoms with Crippen LogP contribution in [0.2, 0.25) is 0 Å². The van der Waals surface area contributed by atoms with Crippen molar-refractivity contribution >= 4 is 12.1 Å². The van der Waals surface area contributed by atoms with Crippen molar-refractivity contribution in [3.63, 3.8) is 0 Å². The number of hydrogen-bond donors (Lipinski definition) is 1. The molecule has 0 rings (SSSR count). The third-order valence-electron chi connectivity index (χ3n) is 1.91. The molecule has 1 unspecified atom stereocenters. The first-order valence-electron chi connectivity index (χ1n) is 5.26. The first kappa shape index (κ1) is 14.5. The van der Waals surface area contributed by atoms with Gasteiger partial charge in [0.15, 0.2) is 0 Å². The van der Waals surface area contributed by atoms with Gasteiger partial charge in [0.25, 0.3) is 0 Å². The Morgan fingerprint density at radius 2 is 2.00 bits per heavy atom. The molecule has 0 aliphatic rings. The molecule has 16 heavy (non-hydrogen) atoms. The molecule has 92 valence electrons. The fraction of sp³-hybridized carbons (Fsp3) is 0.636. The van der Waals surface area contributed by atoms with Gasteiger partial charge < -0.3 is 15.2 Å². The summed E-state index contributed by atoms with van der Waals surface area (Å²) < 4.78 is 9.75. The third kappa shape index (κ3) is 6.86. The first-order valence-corrected chi connectivity index (χ1v) is 5.26. The fourth-order valence-corrected chi connectivity index (χ4v) is 1.15. The van der Waals surface area contributed by atoms with Gasteiger partial charge in [0, 0.05) is 12.0 Å². The normalized spacial score (nSPS) is 11.6. The molecule has 1 atom stereocenters. The van der Waals surface area contributed by atoms with Crippen LogP contribution in [-0.2, 0) is 14.3 Å². The number of carbonyl (C=O) groups is 2. The lowest BCUT2D eigenvalue weighted by molar-refractivity contribution is -0.139. The van der Waals surface area contributed by atoms with Gasteiger partial charge in [-0.05, 0) is 13.3 Å². The molecule has 0 aliphatic carbocycles. The molecule has 0 radical (unpaired) electrons. The fourth-order valence-electron chi connectivity index (χ4n) is 1.15. The van der Waals surface area contributed by atoms with E-state index in [0.29, 0.717) is 18.4 Å². The highest BCUT2D eigenvalue weighted by Crippen LogP contribution is 2.07. The summed E-state index contributed by atoms with van der Waals surface area (Å²) in [6.45, 7) is 7.20. The van der Waals surface area contributed by atoms with E-state index < -0.39 is 12.1 Å². The van der Waals surface area contributed by atoms with Gasteiger partial charge in [-0.3, -0.25) is 0 Å². The van der Waals surface area contributed by atoms with E-state index in [9.17, 15) is 9.59 Å². The Bertz CT molecular complexity index is 263. The topological polar surface area (TPSA) is 78.6 Å². The van der Waals surface area contributed by atoms with Crippen LogP contribution < -0.4 is 5.73 Å². The molecule has 0 aliphatic heterocycles. The van der Waals surface area contributed by atoms with E-state index >= 15 is 0 Å². The molecule has 0 aromatic heterocycles. The van der Waals surface area contributed by atoms with Gasteiger partial charge in [0.2, 0.25) is 0 Å². The number of primary amides is 1. The highest BCUT2D eigenvalue weighted by Gasteiger charge is 2.12. The monoisotopic (exact) mass is 229 g/mol. The Labute approximate surface area is 95.6 Å². The maximum Gasteiger partial charge on any atom is 0.404 e. The quantitative estimate of drug-likeness (QED) is 0.533. The Hall–Kier alpha value is -1.52. The molecule has 0 aromatic carbocycles. The van der Waals surface area contributed by atoms with Crippen LogP contribution in [0.25, 0.3) is 0 Å². The summed E-state index contributed by atoms with van der Waals surface area (Å²) in [5.74, 6) is -0.436. The number of rotatable bonds is 7. The lowest BCUT2D eigenvalue weighted by Crippen LogP contribution is -2.24. The second kappa shape index (κ2) is 7.73. The number of amides is 1. The van der Waals surface area contributed by atoms with Crippen LogP contribution in [0.4, 0.5) is 4.79 Å². The first-order chi connectivity index (χ1) is 7.47. The summed E-state index contributed by atoms with van der Waals surface area (Å²) in [6.07, 6.45) is 0.931. The van der Waals surface area contributed by atoms with Crippen molar-refractivity contribution in [3.8, 4) is 0 Å². The Morgan fingerprint density at radius 1 is 1.38 bits per heavy atom. The Balaban J connectivity index is 3.88. The lowest BCUT2D eigenvalue weighted by atomic mass is 10.1. The van der Waals surface area contributed by atoms with Crippen LogP contribution >= 0.6 is 0 Å². The molecule has 2 N–H and O–H groups in total. The van der Waals surface area contributed by atoms with E-state index in [1.54, 1.807) is 6.92 Å². The summed E-state index contributed by atoms with van der Waals surface area (Å²) in [5.41, 5.74) is 5.27. The number of carbonyl (C=O) groups excluding carboxylic acids is 2. The summed E-state index contributed by atoms with van der Waals surface area (Å²) in [7, 11) is 0. The lowest BCUT2D eigenvalue weighted by Gasteiger charge is -2.15. The van der Waals surface area contributed by atoms with Crippen LogP contribution in [-0.4, -0.2) is 24.8 Å². The standard InChI is InChI=1S/C11H19NO4/c1-4-5-9(16-11(12)14)6-7-15-10(13)8(2)3/h9H,2,4-7H2,1,3H3,(H2,12,14). The predicted octanol–water partition coefficient (Wildman–Crippen LogP) is 1.76. The van der Waals surface area contributed by atoms with Crippen molar-refractivity contribution in [2.45, 2.75) is 39.2 Å². The van der Waals surface area contributed by atoms with E-state index in [0.717, 1.165) is 6.42 Å². The summed E-state index contributed by atoms with van der Waals surface area (Å²) in [4.78, 5) is 21.6. The average Bonchev–Trinajstić information content (AvgIpc) is 2.16. The zero-order chi connectivity index (χ0) is 12.6. The summed E-state index contributed by atoms with van der Waals surface area (Å²) >= 11 is 0. The molecule has 0 heterocycles. The van der Waals surface area contributed by atoms with E-state index in [1.165, 1.54) is 0 Å². The van der Waals surface area contributed by atoms with Crippen molar-refractivity contribution in [2.24, 2.45) is 5.73 Å². The molecule has 5 heteroatoms. The third-order valence-corrected chi connectivity index (χ3v) is 1.91. The van der Waals surface area contributed by atoms with Crippen molar-refractivity contribution in [3.05, 3.63) is 12.2 Å². The van der Waals surface area contributed by atoms with Crippen molar-refractivity contribution < 1.29 is 19.1 Å². The van der Waals surface area contributed by atoms with Crippen LogP contribution in [0.1, 0.15) is 33.1 Å². The van der Waals surface area contributed by atoms with Gasteiger partial charge in [-0.25, -0.2) is 9.59 Å². The minimum atomic E-state index is -0.801. The van der Waals surface area contributed by atoms with E-state index in [-0.39, 0.29) is 12.7 Å². The van der Waals surface area contributed by atoms with Crippen LogP contribution in [0.5, 0.6) is 0 Å². The van der Waals surface area contributed by atoms with E-state index in [4.69, 9.17) is 15.2 Å². The van der Waals surface area contributed by atoms with Crippen molar-refractivity contribution in [1.82, 2.24) is 0 Å². The Kier molecular flexibility index (Phi) is 7.00. The zero-order valence-corrected chi connectivity index (χ0v) is 9.82. The smallest absolute Gasteiger partial charge is 0.404 e. The van der Waals surface area contributed by atoms with Gasteiger partial charge in [-0.1, -0.05) is 19.9 Å². The minimum absolute atomic E-state index is 0.198. The van der Waals surface area contributed by atoms with Crippen LogP contribution in [0.3, 0.4) is 0 Å². The molecule has 0 bridgehead atoms. The zero-order valence-electron chi connectivity index (χ0n) is 9.82. The number of esters is 1. The van der Waals surface area contributed by atoms with Gasteiger partial charge in [-0.15, -0.1) is 0 Å². The predicted molar refractivity (Wildman–Crippen MR) is 59.8 cm³/mol.